The zero-order valence-corrected chi connectivity index (χ0v) is 11.6. The number of hydrogen-bond acceptors (Lipinski definition) is 3. The number of carbonyl (C=O) groups excluding carboxylic acids is 1. The molecule has 0 aliphatic carbocycles. The second-order valence-electron chi connectivity index (χ2n) is 5.62. The third-order valence-corrected chi connectivity index (χ3v) is 4.04. The fourth-order valence-corrected chi connectivity index (χ4v) is 2.95. The van der Waals surface area contributed by atoms with E-state index in [0.29, 0.717) is 31.8 Å². The number of ether oxygens (including phenoxy) is 1. The van der Waals surface area contributed by atoms with Crippen molar-refractivity contribution in [2.45, 2.75) is 45.3 Å². The Morgan fingerprint density at radius 2 is 2.11 bits per heavy atom. The highest BCUT2D eigenvalue weighted by Gasteiger charge is 2.40. The summed E-state index contributed by atoms with van der Waals surface area (Å²) in [7, 11) is 0. The first-order chi connectivity index (χ1) is 9.02. The van der Waals surface area contributed by atoms with Gasteiger partial charge in [0, 0.05) is 25.1 Å². The van der Waals surface area contributed by atoms with E-state index < -0.39 is 17.8 Å². The number of aliphatic hydroxyl groups is 1. The van der Waals surface area contributed by atoms with Gasteiger partial charge in [-0.05, 0) is 38.7 Å². The molecule has 0 saturated carbocycles. The summed E-state index contributed by atoms with van der Waals surface area (Å²) < 4.78 is 19.2. The van der Waals surface area contributed by atoms with Crippen LogP contribution in [0.15, 0.2) is 11.4 Å². The Balaban J connectivity index is 2.12. The van der Waals surface area contributed by atoms with Crippen molar-refractivity contribution in [1.82, 2.24) is 4.90 Å². The monoisotopic (exact) mass is 271 g/mol. The van der Waals surface area contributed by atoms with Crippen molar-refractivity contribution >= 4 is 5.91 Å². The Morgan fingerprint density at radius 1 is 1.37 bits per heavy atom. The molecule has 0 aromatic heterocycles. The van der Waals surface area contributed by atoms with Gasteiger partial charge in [-0.15, -0.1) is 0 Å². The molecular formula is C14H22FNO3. The molecule has 0 radical (unpaired) electrons. The van der Waals surface area contributed by atoms with Crippen LogP contribution in [-0.2, 0) is 9.53 Å². The molecule has 0 aromatic carbocycles. The first-order valence-electron chi connectivity index (χ1n) is 6.92. The van der Waals surface area contributed by atoms with Gasteiger partial charge in [-0.2, -0.15) is 0 Å². The fraction of sp³-hybridized carbons (Fsp3) is 0.786. The minimum Gasteiger partial charge on any atom is -0.393 e. The van der Waals surface area contributed by atoms with Crippen LogP contribution in [0.25, 0.3) is 0 Å². The van der Waals surface area contributed by atoms with E-state index in [4.69, 9.17) is 4.74 Å². The van der Waals surface area contributed by atoms with Crippen LogP contribution in [0.5, 0.6) is 0 Å². The van der Waals surface area contributed by atoms with Crippen molar-refractivity contribution in [3.8, 4) is 0 Å². The van der Waals surface area contributed by atoms with Crippen molar-refractivity contribution < 1.29 is 19.0 Å². The number of allylic oxidation sites excluding steroid dienone is 1. The molecule has 4 nitrogen and oxygen atoms in total. The molecule has 0 aromatic rings. The van der Waals surface area contributed by atoms with Gasteiger partial charge in [0.2, 0.25) is 0 Å². The van der Waals surface area contributed by atoms with Crippen LogP contribution in [-0.4, -0.2) is 47.8 Å². The molecule has 108 valence electrons. The highest BCUT2D eigenvalue weighted by molar-refractivity contribution is 5.92. The lowest BCUT2D eigenvalue weighted by atomic mass is 9.89. The number of carbonyl (C=O) groups is 1. The Bertz CT molecular complexity index is 379. The van der Waals surface area contributed by atoms with Crippen molar-refractivity contribution in [2.24, 2.45) is 5.92 Å². The van der Waals surface area contributed by atoms with E-state index >= 15 is 0 Å². The smallest absolute Gasteiger partial charge is 0.282 e. The van der Waals surface area contributed by atoms with Crippen LogP contribution in [0.3, 0.4) is 0 Å². The number of likely N-dealkylation sites (tertiary alicyclic amines) is 1. The van der Waals surface area contributed by atoms with Crippen molar-refractivity contribution in [1.29, 1.82) is 0 Å². The maximum absolute atomic E-state index is 13.8. The summed E-state index contributed by atoms with van der Waals surface area (Å²) in [6.07, 6.45) is 1.80. The van der Waals surface area contributed by atoms with Crippen molar-refractivity contribution in [2.75, 3.05) is 19.8 Å². The molecule has 2 fully saturated rings. The predicted molar refractivity (Wildman–Crippen MR) is 69.1 cm³/mol. The fourth-order valence-electron chi connectivity index (χ4n) is 2.95. The summed E-state index contributed by atoms with van der Waals surface area (Å²) in [6, 6.07) is -0.104. The van der Waals surface area contributed by atoms with E-state index in [2.05, 4.69) is 0 Å². The lowest BCUT2D eigenvalue weighted by Crippen LogP contribution is -2.48. The quantitative estimate of drug-likeness (QED) is 0.777. The van der Waals surface area contributed by atoms with Crippen LogP contribution in [0, 0.1) is 5.92 Å². The van der Waals surface area contributed by atoms with E-state index in [9.17, 15) is 14.3 Å². The van der Waals surface area contributed by atoms with Gasteiger partial charge in [0.05, 0.1) is 12.7 Å². The van der Waals surface area contributed by atoms with Gasteiger partial charge in [-0.3, -0.25) is 4.79 Å². The minimum atomic E-state index is -0.668. The van der Waals surface area contributed by atoms with Crippen LogP contribution >= 0.6 is 0 Å². The van der Waals surface area contributed by atoms with E-state index in [-0.39, 0.29) is 12.0 Å². The molecule has 2 aliphatic heterocycles. The molecule has 2 heterocycles. The predicted octanol–water partition coefficient (Wildman–Crippen LogP) is 1.64. The third kappa shape index (κ3) is 2.98. The Labute approximate surface area is 113 Å². The average Bonchev–Trinajstić information content (AvgIpc) is 2.86. The summed E-state index contributed by atoms with van der Waals surface area (Å²) in [6.45, 7) is 4.76. The van der Waals surface area contributed by atoms with Gasteiger partial charge in [0.15, 0.2) is 5.83 Å². The Morgan fingerprint density at radius 3 is 2.74 bits per heavy atom. The molecule has 3 atom stereocenters. The van der Waals surface area contributed by atoms with Gasteiger partial charge in [-0.1, -0.05) is 0 Å². The maximum Gasteiger partial charge on any atom is 0.282 e. The zero-order chi connectivity index (χ0) is 14.0. The third-order valence-electron chi connectivity index (χ3n) is 4.04. The average molecular weight is 271 g/mol. The zero-order valence-electron chi connectivity index (χ0n) is 11.6. The lowest BCUT2D eigenvalue weighted by molar-refractivity contribution is -0.133. The van der Waals surface area contributed by atoms with Crippen LogP contribution < -0.4 is 0 Å². The summed E-state index contributed by atoms with van der Waals surface area (Å²) in [5.74, 6) is -1.30. The van der Waals surface area contributed by atoms with Crippen LogP contribution in [0.2, 0.25) is 0 Å². The molecule has 1 amide bonds. The van der Waals surface area contributed by atoms with E-state index in [1.54, 1.807) is 18.7 Å². The number of amides is 1. The largest absolute Gasteiger partial charge is 0.393 e. The maximum atomic E-state index is 13.8. The Hall–Kier alpha value is -0.940. The normalized spacial score (nSPS) is 31.4. The number of halogens is 1. The van der Waals surface area contributed by atoms with Crippen LogP contribution in [0.1, 0.15) is 33.1 Å². The van der Waals surface area contributed by atoms with Gasteiger partial charge >= 0.3 is 0 Å². The topological polar surface area (TPSA) is 49.8 Å². The lowest BCUT2D eigenvalue weighted by Gasteiger charge is -2.36. The van der Waals surface area contributed by atoms with Crippen molar-refractivity contribution in [3.05, 3.63) is 11.4 Å². The summed E-state index contributed by atoms with van der Waals surface area (Å²) in [4.78, 5) is 13.7. The summed E-state index contributed by atoms with van der Waals surface area (Å²) >= 11 is 0. The second kappa shape index (κ2) is 6.01. The minimum absolute atomic E-state index is 0.0924. The molecule has 3 unspecified atom stereocenters. The highest BCUT2D eigenvalue weighted by Crippen LogP contribution is 2.31. The molecular weight excluding hydrogens is 249 g/mol. The molecule has 0 spiro atoms. The molecule has 2 rings (SSSR count). The summed E-state index contributed by atoms with van der Waals surface area (Å²) in [5.41, 5.74) is 0.399. The molecule has 1 N–H and O–H groups in total. The molecule has 2 aliphatic rings. The molecule has 5 heteroatoms. The first kappa shape index (κ1) is 14.5. The van der Waals surface area contributed by atoms with Gasteiger partial charge in [0.1, 0.15) is 0 Å². The Kier molecular flexibility index (Phi) is 4.58. The molecule has 2 saturated heterocycles. The number of aliphatic hydroxyl groups excluding tert-OH is 1. The highest BCUT2D eigenvalue weighted by atomic mass is 19.1. The van der Waals surface area contributed by atoms with Gasteiger partial charge < -0.3 is 14.7 Å². The van der Waals surface area contributed by atoms with Crippen molar-refractivity contribution in [3.63, 3.8) is 0 Å². The van der Waals surface area contributed by atoms with E-state index in [1.165, 1.54) is 0 Å². The summed E-state index contributed by atoms with van der Waals surface area (Å²) in [5, 5.41) is 10.1. The van der Waals surface area contributed by atoms with Crippen LogP contribution in [0.4, 0.5) is 4.39 Å². The van der Waals surface area contributed by atoms with Gasteiger partial charge in [0.25, 0.3) is 5.91 Å². The first-order valence-corrected chi connectivity index (χ1v) is 6.92. The van der Waals surface area contributed by atoms with Gasteiger partial charge in [-0.25, -0.2) is 4.39 Å². The molecule has 0 bridgehead atoms. The number of hydrogen-bond donors (Lipinski definition) is 1. The van der Waals surface area contributed by atoms with E-state index in [0.717, 1.165) is 12.8 Å². The van der Waals surface area contributed by atoms with E-state index in [1.807, 2.05) is 0 Å². The number of rotatable bonds is 2. The SMILES string of the molecule is CC(C)=C(F)C(=O)N1CCCC1C1COCCC1O. The number of nitrogens with zero attached hydrogens (tertiary/aromatic N) is 1. The standard InChI is InChI=1S/C14H22FNO3/c1-9(2)13(15)14(18)16-6-3-4-11(16)10-8-19-7-5-12(10)17/h10-12,17H,3-8H2,1-2H3. The molecule has 19 heavy (non-hydrogen) atoms. The second-order valence-corrected chi connectivity index (χ2v) is 5.62.